The number of aryl methyl sites for hydroxylation is 1. The van der Waals surface area contributed by atoms with Crippen LogP contribution in [0.3, 0.4) is 0 Å². The van der Waals surface area contributed by atoms with Crippen molar-refractivity contribution in [1.82, 2.24) is 39.6 Å². The van der Waals surface area contributed by atoms with Gasteiger partial charge in [-0.2, -0.15) is 24.1 Å². The van der Waals surface area contributed by atoms with Gasteiger partial charge in [0.2, 0.25) is 15.9 Å². The number of nitrogens with one attached hydrogen (secondary N) is 2. The average Bonchev–Trinajstić information content (AvgIpc) is 3.36. The van der Waals surface area contributed by atoms with Gasteiger partial charge in [-0.3, -0.25) is 23.6 Å². The molecular formula is C39H36ClF6N9O3S. The fourth-order valence-corrected chi connectivity index (χ4v) is 8.66. The monoisotopic (exact) mass is 859 g/mol. The lowest BCUT2D eigenvalue weighted by molar-refractivity contribution is -0.123. The Morgan fingerprint density at radius 1 is 1.03 bits per heavy atom. The van der Waals surface area contributed by atoms with Gasteiger partial charge in [-0.05, 0) is 69.4 Å². The van der Waals surface area contributed by atoms with E-state index in [4.69, 9.17) is 16.6 Å². The van der Waals surface area contributed by atoms with Gasteiger partial charge >= 0.3 is 0 Å². The highest BCUT2D eigenvalue weighted by atomic mass is 35.5. The highest BCUT2D eigenvalue weighted by Gasteiger charge is 2.67. The number of fused-ring (bicyclic) bond motifs is 4. The summed E-state index contributed by atoms with van der Waals surface area (Å²) in [5.74, 6) is -8.26. The molecule has 2 aliphatic rings. The van der Waals surface area contributed by atoms with Crippen LogP contribution < -0.4 is 10.0 Å². The van der Waals surface area contributed by atoms with E-state index in [1.165, 1.54) is 10.7 Å². The first-order valence-electron chi connectivity index (χ1n) is 18.3. The molecule has 1 saturated carbocycles. The number of halogens is 7. The van der Waals surface area contributed by atoms with Crippen molar-refractivity contribution in [2.45, 2.75) is 70.0 Å². The lowest BCUT2D eigenvalue weighted by Gasteiger charge is -2.23. The molecule has 0 radical (unpaired) electrons. The molecule has 0 bridgehead atoms. The highest BCUT2D eigenvalue weighted by Crippen LogP contribution is 2.68. The molecule has 59 heavy (non-hydrogen) atoms. The van der Waals surface area contributed by atoms with Gasteiger partial charge in [-0.15, -0.1) is 0 Å². The number of benzene rings is 2. The second-order valence-electron chi connectivity index (χ2n) is 15.9. The Balaban J connectivity index is 1.30. The van der Waals surface area contributed by atoms with Crippen LogP contribution in [0.1, 0.15) is 73.8 Å². The summed E-state index contributed by atoms with van der Waals surface area (Å²) < 4.78 is 119. The largest absolute Gasteiger partial charge is 0.346 e. The van der Waals surface area contributed by atoms with Gasteiger partial charge in [0, 0.05) is 47.5 Å². The molecule has 8 rings (SSSR count). The van der Waals surface area contributed by atoms with Crippen LogP contribution in [0.15, 0.2) is 54.9 Å². The first-order chi connectivity index (χ1) is 27.6. The van der Waals surface area contributed by atoms with E-state index in [0.29, 0.717) is 38.6 Å². The van der Waals surface area contributed by atoms with Crippen molar-refractivity contribution in [2.75, 3.05) is 11.0 Å². The van der Waals surface area contributed by atoms with E-state index < -0.39 is 81.3 Å². The number of rotatable bonds is 11. The van der Waals surface area contributed by atoms with E-state index in [9.17, 15) is 30.8 Å². The maximum absolute atomic E-state index is 15.5. The van der Waals surface area contributed by atoms with Crippen LogP contribution in [0.5, 0.6) is 0 Å². The van der Waals surface area contributed by atoms with E-state index in [2.05, 4.69) is 25.3 Å². The third kappa shape index (κ3) is 7.42. The van der Waals surface area contributed by atoms with E-state index >= 15 is 8.78 Å². The SMILES string of the molecule is Cn1nc(NS(C)(=O)=O)c2c(Cl)ccc(-c3ccc(-c4cnn(C(C)(C)C)c4)nc3[C@H](Cc3cc(F)cc(F)c3)NC(=O)Cn3nc(C(F)F)c4c3C(F)(F)[C@@H]3CC43)c21. The quantitative estimate of drug-likeness (QED) is 0.126. The minimum Gasteiger partial charge on any atom is -0.346 e. The minimum absolute atomic E-state index is 0.0315. The van der Waals surface area contributed by atoms with Crippen LogP contribution in [0.25, 0.3) is 33.3 Å². The number of aromatic nitrogens is 7. The molecule has 1 amide bonds. The Labute approximate surface area is 338 Å². The van der Waals surface area contributed by atoms with Crippen molar-refractivity contribution in [2.24, 2.45) is 13.0 Å². The third-order valence-corrected chi connectivity index (χ3v) is 11.4. The van der Waals surface area contributed by atoms with Crippen LogP contribution in [0, 0.1) is 17.6 Å². The van der Waals surface area contributed by atoms with Gasteiger partial charge in [0.05, 0.1) is 51.3 Å². The van der Waals surface area contributed by atoms with Crippen LogP contribution in [0.4, 0.5) is 32.2 Å². The minimum atomic E-state index is -3.82. The summed E-state index contributed by atoms with van der Waals surface area (Å²) in [6.45, 7) is 4.94. The molecule has 2 aromatic carbocycles. The van der Waals surface area contributed by atoms with E-state index in [-0.39, 0.29) is 45.9 Å². The molecule has 6 aromatic rings. The van der Waals surface area contributed by atoms with Crippen molar-refractivity contribution < 1.29 is 39.6 Å². The van der Waals surface area contributed by atoms with E-state index in [1.807, 2.05) is 20.8 Å². The van der Waals surface area contributed by atoms with Crippen molar-refractivity contribution >= 4 is 44.3 Å². The lowest BCUT2D eigenvalue weighted by atomic mass is 9.93. The van der Waals surface area contributed by atoms with Gasteiger partial charge in [0.25, 0.3) is 12.3 Å². The molecule has 20 heteroatoms. The summed E-state index contributed by atoms with van der Waals surface area (Å²) in [6, 6.07) is 8.03. The predicted octanol–water partition coefficient (Wildman–Crippen LogP) is 8.00. The summed E-state index contributed by atoms with van der Waals surface area (Å²) in [5, 5.41) is 15.8. The Hall–Kier alpha value is -5.43. The fraction of sp³-hybridized carbons (Fsp3) is 0.359. The molecule has 1 fully saturated rings. The number of anilines is 1. The Morgan fingerprint density at radius 2 is 1.73 bits per heavy atom. The van der Waals surface area contributed by atoms with Crippen molar-refractivity contribution in [3.8, 4) is 22.4 Å². The van der Waals surface area contributed by atoms with Crippen molar-refractivity contribution in [3.05, 3.63) is 99.7 Å². The Kier molecular flexibility index (Phi) is 9.65. The zero-order valence-corrected chi connectivity index (χ0v) is 33.6. The number of hydrogen-bond donors (Lipinski definition) is 2. The number of carbonyl (C=O) groups is 1. The van der Waals surface area contributed by atoms with Crippen LogP contribution in [-0.4, -0.2) is 54.9 Å². The number of alkyl halides is 4. The average molecular weight is 860 g/mol. The van der Waals surface area contributed by atoms with E-state index in [1.54, 1.807) is 42.3 Å². The molecule has 3 atom stereocenters. The first kappa shape index (κ1) is 40.4. The van der Waals surface area contributed by atoms with Gasteiger partial charge in [-0.25, -0.2) is 31.0 Å². The predicted molar refractivity (Wildman–Crippen MR) is 207 cm³/mol. The molecule has 2 aliphatic carbocycles. The molecule has 4 heterocycles. The van der Waals surface area contributed by atoms with Crippen LogP contribution >= 0.6 is 11.6 Å². The Bertz CT molecular complexity index is 2780. The molecule has 0 spiro atoms. The van der Waals surface area contributed by atoms with Gasteiger partial charge in [0.15, 0.2) is 5.82 Å². The normalized spacial score (nSPS) is 17.6. The molecule has 0 saturated heterocycles. The molecule has 4 aromatic heterocycles. The van der Waals surface area contributed by atoms with Crippen molar-refractivity contribution in [1.29, 1.82) is 0 Å². The number of carbonyl (C=O) groups excluding carboxylic acids is 1. The zero-order chi connectivity index (χ0) is 42.5. The number of sulfonamides is 1. The molecular weight excluding hydrogens is 824 g/mol. The summed E-state index contributed by atoms with van der Waals surface area (Å²) in [7, 11) is -2.26. The summed E-state index contributed by atoms with van der Waals surface area (Å²) >= 11 is 6.64. The smallest absolute Gasteiger partial charge is 0.293 e. The highest BCUT2D eigenvalue weighted by molar-refractivity contribution is 7.92. The van der Waals surface area contributed by atoms with Crippen molar-refractivity contribution in [3.63, 3.8) is 0 Å². The number of hydrogen-bond acceptors (Lipinski definition) is 7. The number of pyridine rings is 1. The molecule has 0 aliphatic heterocycles. The third-order valence-electron chi connectivity index (χ3n) is 10.5. The zero-order valence-electron chi connectivity index (χ0n) is 32.0. The van der Waals surface area contributed by atoms with Crippen LogP contribution in [-0.2, 0) is 46.3 Å². The van der Waals surface area contributed by atoms with Gasteiger partial charge in [-0.1, -0.05) is 23.7 Å². The topological polar surface area (TPSA) is 142 Å². The standard InChI is InChI=1S/C39H36ClF6N9O3S/c1-38(2,3)55-16-19(15-47-55)27-9-7-22(23-6-8-26(40)31-34(23)53(4)51-37(31)52-59(5,57)58)32(49-27)28(12-18-10-20(41)13-21(42)11-18)48-29(56)17-54-35-30(33(50-54)36(43)44)24-14-25(24)39(35,45)46/h6-11,13,15-16,24-25,28,36H,12,14,17H2,1-5H3,(H,48,56)(H,51,52)/t24?,25-,28+/m1/s1. The summed E-state index contributed by atoms with van der Waals surface area (Å²) in [6.07, 6.45) is 0.868. The van der Waals surface area contributed by atoms with Gasteiger partial charge in [0.1, 0.15) is 29.6 Å². The van der Waals surface area contributed by atoms with E-state index in [0.717, 1.165) is 18.4 Å². The molecule has 1 unspecified atom stereocenters. The summed E-state index contributed by atoms with van der Waals surface area (Å²) in [4.78, 5) is 19.1. The Morgan fingerprint density at radius 3 is 2.37 bits per heavy atom. The van der Waals surface area contributed by atoms with Crippen LogP contribution in [0.2, 0.25) is 5.02 Å². The molecule has 310 valence electrons. The fourth-order valence-electron chi connectivity index (χ4n) is 7.93. The second-order valence-corrected chi connectivity index (χ2v) is 18.1. The van der Waals surface area contributed by atoms with Gasteiger partial charge < -0.3 is 5.32 Å². The number of nitrogens with zero attached hydrogens (tertiary/aromatic N) is 7. The first-order valence-corrected chi connectivity index (χ1v) is 20.6. The lowest BCUT2D eigenvalue weighted by Crippen LogP contribution is -2.35. The maximum atomic E-state index is 15.5. The molecule has 2 N–H and O–H groups in total. The second kappa shape index (κ2) is 14.1. The maximum Gasteiger partial charge on any atom is 0.293 e. The molecule has 12 nitrogen and oxygen atoms in total. The number of amides is 1. The summed E-state index contributed by atoms with van der Waals surface area (Å²) in [5.41, 5.74) is 0.0103.